The van der Waals surface area contributed by atoms with E-state index in [2.05, 4.69) is 22.0 Å². The highest BCUT2D eigenvalue weighted by Gasteiger charge is 2.13. The molecule has 0 saturated carbocycles. The lowest BCUT2D eigenvalue weighted by molar-refractivity contribution is 0.0729. The average molecular weight is 464 g/mol. The molecule has 3 aromatic rings. The molecular formula is C24H18BrNO4. The number of methoxy groups -OCH3 is 2. The monoisotopic (exact) mass is 463 g/mol. The Morgan fingerprint density at radius 2 is 1.70 bits per heavy atom. The molecule has 3 aromatic carbocycles. The summed E-state index contributed by atoms with van der Waals surface area (Å²) in [5.41, 5.74) is 2.41. The van der Waals surface area contributed by atoms with E-state index in [-0.39, 0.29) is 0 Å². The summed E-state index contributed by atoms with van der Waals surface area (Å²) in [5, 5.41) is 9.56. The molecule has 0 aliphatic rings. The van der Waals surface area contributed by atoms with Crippen molar-refractivity contribution in [3.63, 3.8) is 0 Å². The third-order valence-electron chi connectivity index (χ3n) is 4.28. The van der Waals surface area contributed by atoms with Crippen molar-refractivity contribution in [1.29, 1.82) is 5.26 Å². The van der Waals surface area contributed by atoms with Gasteiger partial charge in [0, 0.05) is 4.47 Å². The number of carbonyl (C=O) groups is 1. The van der Waals surface area contributed by atoms with Crippen molar-refractivity contribution in [2.45, 2.75) is 0 Å². The Hall–Kier alpha value is -3.56. The van der Waals surface area contributed by atoms with Crippen LogP contribution in [0.15, 0.2) is 71.2 Å². The van der Waals surface area contributed by atoms with Crippen LogP contribution in [0.5, 0.6) is 17.2 Å². The SMILES string of the molecule is COc1ccc(/C(C#N)=C\c2ccc(OC(=O)c3cccc(Br)c3)c(OC)c2)cc1. The van der Waals surface area contributed by atoms with Gasteiger partial charge in [-0.25, -0.2) is 4.79 Å². The van der Waals surface area contributed by atoms with E-state index in [1.165, 1.54) is 7.11 Å². The number of benzene rings is 3. The molecule has 0 saturated heterocycles. The standard InChI is InChI=1S/C24H18BrNO4/c1-28-21-9-7-17(8-10-21)19(15-26)12-16-6-11-22(23(13-16)29-2)30-24(27)18-4-3-5-20(25)14-18/h3-14H,1-2H3/b19-12-. The number of carbonyl (C=O) groups excluding carboxylic acids is 1. The summed E-state index contributed by atoms with van der Waals surface area (Å²) in [5.74, 6) is 0.907. The number of ether oxygens (including phenoxy) is 3. The van der Waals surface area contributed by atoms with E-state index in [9.17, 15) is 10.1 Å². The van der Waals surface area contributed by atoms with Crippen LogP contribution in [0.3, 0.4) is 0 Å². The van der Waals surface area contributed by atoms with Crippen molar-refractivity contribution in [2.24, 2.45) is 0 Å². The minimum atomic E-state index is -0.492. The minimum absolute atomic E-state index is 0.294. The van der Waals surface area contributed by atoms with Gasteiger partial charge < -0.3 is 14.2 Å². The van der Waals surface area contributed by atoms with Crippen LogP contribution in [0.2, 0.25) is 0 Å². The van der Waals surface area contributed by atoms with Crippen molar-refractivity contribution < 1.29 is 19.0 Å². The summed E-state index contributed by atoms with van der Waals surface area (Å²) in [6.07, 6.45) is 1.74. The molecule has 0 bridgehead atoms. The molecule has 0 heterocycles. The molecule has 0 unspecified atom stereocenters. The fourth-order valence-corrected chi connectivity index (χ4v) is 3.15. The normalized spacial score (nSPS) is 10.8. The van der Waals surface area contributed by atoms with Crippen molar-refractivity contribution in [1.82, 2.24) is 0 Å². The van der Waals surface area contributed by atoms with E-state index in [0.29, 0.717) is 28.4 Å². The second-order valence-corrected chi connectivity index (χ2v) is 7.12. The molecule has 30 heavy (non-hydrogen) atoms. The first kappa shape index (κ1) is 21.2. The number of hydrogen-bond acceptors (Lipinski definition) is 5. The highest BCUT2D eigenvalue weighted by atomic mass is 79.9. The summed E-state index contributed by atoms with van der Waals surface area (Å²) in [4.78, 5) is 12.4. The van der Waals surface area contributed by atoms with E-state index < -0.39 is 5.97 Å². The molecule has 0 fully saturated rings. The molecule has 0 radical (unpaired) electrons. The second kappa shape index (κ2) is 9.77. The topological polar surface area (TPSA) is 68.5 Å². The van der Waals surface area contributed by atoms with E-state index in [4.69, 9.17) is 14.2 Å². The highest BCUT2D eigenvalue weighted by molar-refractivity contribution is 9.10. The van der Waals surface area contributed by atoms with Crippen LogP contribution in [-0.2, 0) is 0 Å². The number of nitrogens with zero attached hydrogens (tertiary/aromatic N) is 1. The molecule has 6 heteroatoms. The molecule has 3 rings (SSSR count). The van der Waals surface area contributed by atoms with Gasteiger partial charge in [-0.2, -0.15) is 5.26 Å². The lowest BCUT2D eigenvalue weighted by Gasteiger charge is -2.10. The van der Waals surface area contributed by atoms with E-state index in [1.807, 2.05) is 18.2 Å². The molecule has 0 spiro atoms. The lowest BCUT2D eigenvalue weighted by Crippen LogP contribution is -2.09. The zero-order valence-electron chi connectivity index (χ0n) is 16.4. The van der Waals surface area contributed by atoms with Crippen LogP contribution < -0.4 is 14.2 Å². The Morgan fingerprint density at radius 3 is 2.33 bits per heavy atom. The third-order valence-corrected chi connectivity index (χ3v) is 4.78. The average Bonchev–Trinajstić information content (AvgIpc) is 2.78. The van der Waals surface area contributed by atoms with E-state index in [0.717, 1.165) is 15.6 Å². The molecule has 0 atom stereocenters. The number of nitriles is 1. The molecule has 150 valence electrons. The van der Waals surface area contributed by atoms with Gasteiger partial charge in [0.15, 0.2) is 11.5 Å². The zero-order chi connectivity index (χ0) is 21.5. The highest BCUT2D eigenvalue weighted by Crippen LogP contribution is 2.31. The lowest BCUT2D eigenvalue weighted by atomic mass is 10.0. The largest absolute Gasteiger partial charge is 0.497 e. The Bertz CT molecular complexity index is 1130. The number of halogens is 1. The first-order chi connectivity index (χ1) is 14.5. The summed E-state index contributed by atoms with van der Waals surface area (Å²) < 4.78 is 16.8. The number of esters is 1. The van der Waals surface area contributed by atoms with Gasteiger partial charge in [0.05, 0.1) is 31.4 Å². The van der Waals surface area contributed by atoms with Gasteiger partial charge in [-0.3, -0.25) is 0 Å². The van der Waals surface area contributed by atoms with Crippen LogP contribution in [0.1, 0.15) is 21.5 Å². The molecule has 0 aliphatic heterocycles. The molecule has 5 nitrogen and oxygen atoms in total. The third kappa shape index (κ3) is 5.07. The van der Waals surface area contributed by atoms with Crippen molar-refractivity contribution in [3.05, 3.63) is 87.9 Å². The van der Waals surface area contributed by atoms with Crippen molar-refractivity contribution in [3.8, 4) is 23.3 Å². The van der Waals surface area contributed by atoms with Crippen LogP contribution in [0.4, 0.5) is 0 Å². The molecular weight excluding hydrogens is 446 g/mol. The fourth-order valence-electron chi connectivity index (χ4n) is 2.75. The Morgan fingerprint density at radius 1 is 0.933 bits per heavy atom. The summed E-state index contributed by atoms with van der Waals surface area (Å²) in [6, 6.07) is 21.5. The van der Waals surface area contributed by atoms with E-state index >= 15 is 0 Å². The Labute approximate surface area is 183 Å². The van der Waals surface area contributed by atoms with Gasteiger partial charge >= 0.3 is 5.97 Å². The summed E-state index contributed by atoms with van der Waals surface area (Å²) in [6.45, 7) is 0. The van der Waals surface area contributed by atoms with Gasteiger partial charge in [-0.15, -0.1) is 0 Å². The van der Waals surface area contributed by atoms with Crippen LogP contribution in [0.25, 0.3) is 11.6 Å². The van der Waals surface area contributed by atoms with Gasteiger partial charge in [0.1, 0.15) is 5.75 Å². The fraction of sp³-hybridized carbons (Fsp3) is 0.0833. The van der Waals surface area contributed by atoms with Crippen LogP contribution >= 0.6 is 15.9 Å². The maximum Gasteiger partial charge on any atom is 0.343 e. The van der Waals surface area contributed by atoms with Crippen molar-refractivity contribution in [2.75, 3.05) is 14.2 Å². The Balaban J connectivity index is 1.86. The predicted molar refractivity (Wildman–Crippen MR) is 119 cm³/mol. The van der Waals surface area contributed by atoms with Crippen molar-refractivity contribution >= 4 is 33.5 Å². The van der Waals surface area contributed by atoms with Gasteiger partial charge in [0.2, 0.25) is 0 Å². The Kier molecular flexibility index (Phi) is 6.89. The van der Waals surface area contributed by atoms with Gasteiger partial charge in [0.25, 0.3) is 0 Å². The van der Waals surface area contributed by atoms with Gasteiger partial charge in [-0.1, -0.05) is 28.1 Å². The predicted octanol–water partition coefficient (Wildman–Crippen LogP) is 5.75. The maximum atomic E-state index is 12.4. The smallest absolute Gasteiger partial charge is 0.343 e. The van der Waals surface area contributed by atoms with Crippen LogP contribution in [-0.4, -0.2) is 20.2 Å². The second-order valence-electron chi connectivity index (χ2n) is 6.21. The molecule has 0 amide bonds. The maximum absolute atomic E-state index is 12.4. The molecule has 0 aliphatic carbocycles. The number of hydrogen-bond donors (Lipinski definition) is 0. The quantitative estimate of drug-likeness (QED) is 0.201. The number of allylic oxidation sites excluding steroid dienone is 1. The number of rotatable bonds is 6. The van der Waals surface area contributed by atoms with Crippen LogP contribution in [0, 0.1) is 11.3 Å². The molecule has 0 N–H and O–H groups in total. The first-order valence-corrected chi connectivity index (χ1v) is 9.75. The van der Waals surface area contributed by atoms with Gasteiger partial charge in [-0.05, 0) is 71.8 Å². The zero-order valence-corrected chi connectivity index (χ0v) is 18.0. The first-order valence-electron chi connectivity index (χ1n) is 8.96. The minimum Gasteiger partial charge on any atom is -0.497 e. The molecule has 0 aromatic heterocycles. The summed E-state index contributed by atoms with van der Waals surface area (Å²) >= 11 is 3.34. The van der Waals surface area contributed by atoms with E-state index in [1.54, 1.807) is 61.7 Å². The summed E-state index contributed by atoms with van der Waals surface area (Å²) in [7, 11) is 3.08.